The number of nitrogens with zero attached hydrogens (tertiary/aromatic N) is 3. The van der Waals surface area contributed by atoms with Crippen LogP contribution in [0.3, 0.4) is 0 Å². The molecule has 6 heteroatoms. The highest BCUT2D eigenvalue weighted by Gasteiger charge is 2.16. The lowest BCUT2D eigenvalue weighted by atomic mass is 9.98. The van der Waals surface area contributed by atoms with E-state index in [1.807, 2.05) is 0 Å². The molecule has 0 spiro atoms. The molecule has 0 aliphatic carbocycles. The van der Waals surface area contributed by atoms with E-state index in [2.05, 4.69) is 17.1 Å². The molecule has 4 nitrogen and oxygen atoms in total. The molecule has 0 aliphatic heterocycles. The molecule has 1 aromatic heterocycles. The van der Waals surface area contributed by atoms with Crippen LogP contribution in [0.2, 0.25) is 10.0 Å². The van der Waals surface area contributed by atoms with Crippen LogP contribution in [0.1, 0.15) is 11.1 Å². The van der Waals surface area contributed by atoms with Gasteiger partial charge >= 0.3 is 0 Å². The number of rotatable bonds is 2. The quantitative estimate of drug-likeness (QED) is 0.689. The van der Waals surface area contributed by atoms with Crippen molar-refractivity contribution in [3.8, 4) is 34.5 Å². The van der Waals surface area contributed by atoms with Gasteiger partial charge in [0.15, 0.2) is 0 Å². The molecular weight excluding hydrogens is 355 g/mol. The molecule has 25 heavy (non-hydrogen) atoms. The van der Waals surface area contributed by atoms with Gasteiger partial charge < -0.3 is 5.73 Å². The van der Waals surface area contributed by atoms with Crippen LogP contribution >= 0.6 is 23.2 Å². The third-order valence-corrected chi connectivity index (χ3v) is 4.53. The smallest absolute Gasteiger partial charge is 0.142 e. The minimum Gasteiger partial charge on any atom is -0.383 e. The normalized spacial score (nSPS) is 10.1. The summed E-state index contributed by atoms with van der Waals surface area (Å²) in [6.45, 7) is 0. The minimum absolute atomic E-state index is 0.107. The molecule has 3 rings (SSSR count). The number of nitrogens with two attached hydrogens (primary N) is 1. The van der Waals surface area contributed by atoms with Crippen LogP contribution < -0.4 is 5.73 Å². The predicted molar refractivity (Wildman–Crippen MR) is 99.0 cm³/mol. The lowest BCUT2D eigenvalue weighted by molar-refractivity contribution is 1.31. The van der Waals surface area contributed by atoms with Gasteiger partial charge in [-0.25, -0.2) is 4.98 Å². The molecule has 1 heterocycles. The van der Waals surface area contributed by atoms with E-state index in [9.17, 15) is 5.26 Å². The third-order valence-electron chi connectivity index (χ3n) is 3.71. The molecule has 120 valence electrons. The summed E-state index contributed by atoms with van der Waals surface area (Å²) in [6.07, 6.45) is 0. The molecule has 0 fully saturated rings. The zero-order valence-electron chi connectivity index (χ0n) is 12.8. The topological polar surface area (TPSA) is 86.5 Å². The fourth-order valence-electron chi connectivity index (χ4n) is 2.47. The van der Waals surface area contributed by atoms with E-state index in [0.29, 0.717) is 32.4 Å². The number of nitrogen functional groups attached to an aromatic ring is 1. The first-order valence-corrected chi connectivity index (χ1v) is 7.96. The fourth-order valence-corrected chi connectivity index (χ4v) is 2.87. The van der Waals surface area contributed by atoms with Gasteiger partial charge in [-0.15, -0.1) is 0 Å². The van der Waals surface area contributed by atoms with Crippen LogP contribution in [-0.2, 0) is 0 Å². The number of hydrogen-bond donors (Lipinski definition) is 1. The Kier molecular flexibility index (Phi) is 4.59. The molecular formula is C19H10Cl2N4. The van der Waals surface area contributed by atoms with Crippen LogP contribution in [0, 0.1) is 22.7 Å². The number of pyridine rings is 1. The first kappa shape index (κ1) is 16.8. The predicted octanol–water partition coefficient (Wildman–Crippen LogP) is 5.05. The van der Waals surface area contributed by atoms with Crippen molar-refractivity contribution < 1.29 is 0 Å². The molecule has 2 aromatic carbocycles. The SMILES string of the molecule is N#Cc1ccc(-c2cc(-c3cccc(Cl)c3Cl)c(C#N)c(N)n2)cc1. The largest absolute Gasteiger partial charge is 0.383 e. The van der Waals surface area contributed by atoms with Crippen molar-refractivity contribution in [1.29, 1.82) is 10.5 Å². The Morgan fingerprint density at radius 2 is 1.64 bits per heavy atom. The monoisotopic (exact) mass is 364 g/mol. The van der Waals surface area contributed by atoms with Crippen molar-refractivity contribution in [1.82, 2.24) is 4.98 Å². The summed E-state index contributed by atoms with van der Waals surface area (Å²) in [5.41, 5.74) is 9.28. The van der Waals surface area contributed by atoms with Crippen LogP contribution in [0.5, 0.6) is 0 Å². The number of nitriles is 2. The first-order chi connectivity index (χ1) is 12.0. The van der Waals surface area contributed by atoms with E-state index >= 15 is 0 Å². The Labute approximate surface area is 154 Å². The van der Waals surface area contributed by atoms with Crippen LogP contribution in [0.4, 0.5) is 5.82 Å². The van der Waals surface area contributed by atoms with Gasteiger partial charge in [-0.1, -0.05) is 47.5 Å². The maximum atomic E-state index is 9.47. The molecule has 2 N–H and O–H groups in total. The van der Waals surface area contributed by atoms with E-state index in [1.54, 1.807) is 48.5 Å². The van der Waals surface area contributed by atoms with Gasteiger partial charge in [0.25, 0.3) is 0 Å². The van der Waals surface area contributed by atoms with Gasteiger partial charge in [0.2, 0.25) is 0 Å². The molecule has 3 aromatic rings. The summed E-state index contributed by atoms with van der Waals surface area (Å²) in [5, 5.41) is 19.1. The van der Waals surface area contributed by atoms with Crippen molar-refractivity contribution in [2.45, 2.75) is 0 Å². The second-order valence-corrected chi connectivity index (χ2v) is 6.00. The first-order valence-electron chi connectivity index (χ1n) is 7.20. The number of halogens is 2. The molecule has 0 bridgehead atoms. The number of benzene rings is 2. The summed E-state index contributed by atoms with van der Waals surface area (Å²) in [5.74, 6) is 0.107. The van der Waals surface area contributed by atoms with Gasteiger partial charge in [0.1, 0.15) is 17.5 Å². The maximum Gasteiger partial charge on any atom is 0.142 e. The van der Waals surface area contributed by atoms with Crippen LogP contribution in [-0.4, -0.2) is 4.98 Å². The Morgan fingerprint density at radius 1 is 0.920 bits per heavy atom. The second-order valence-electron chi connectivity index (χ2n) is 5.22. The highest BCUT2D eigenvalue weighted by molar-refractivity contribution is 6.43. The number of aromatic nitrogens is 1. The van der Waals surface area contributed by atoms with Crippen molar-refractivity contribution in [2.24, 2.45) is 0 Å². The van der Waals surface area contributed by atoms with Crippen molar-refractivity contribution in [3.63, 3.8) is 0 Å². The summed E-state index contributed by atoms with van der Waals surface area (Å²) in [4.78, 5) is 4.30. The lowest BCUT2D eigenvalue weighted by Gasteiger charge is -2.12. The average Bonchev–Trinajstić information content (AvgIpc) is 2.63. The zero-order chi connectivity index (χ0) is 18.0. The number of hydrogen-bond acceptors (Lipinski definition) is 4. The van der Waals surface area contributed by atoms with Gasteiger partial charge in [-0.2, -0.15) is 10.5 Å². The van der Waals surface area contributed by atoms with Gasteiger partial charge in [0, 0.05) is 16.7 Å². The van der Waals surface area contributed by atoms with Gasteiger partial charge in [-0.3, -0.25) is 0 Å². The molecule has 0 atom stereocenters. The average molecular weight is 365 g/mol. The molecule has 0 unspecified atom stereocenters. The zero-order valence-corrected chi connectivity index (χ0v) is 14.3. The van der Waals surface area contributed by atoms with Crippen molar-refractivity contribution in [2.75, 3.05) is 5.73 Å². The van der Waals surface area contributed by atoms with Crippen molar-refractivity contribution in [3.05, 3.63) is 69.7 Å². The summed E-state index contributed by atoms with van der Waals surface area (Å²) in [7, 11) is 0. The standard InChI is InChI=1S/C19H10Cl2N4/c20-16-3-1-2-13(18(16)21)14-8-17(25-19(24)15(14)10-23)12-6-4-11(9-22)5-7-12/h1-8H,(H2,24,25). The molecule has 0 amide bonds. The molecule has 0 saturated heterocycles. The Hall–Kier alpha value is -3.05. The molecule has 0 aliphatic rings. The summed E-state index contributed by atoms with van der Waals surface area (Å²) < 4.78 is 0. The Balaban J connectivity index is 2.24. The van der Waals surface area contributed by atoms with E-state index < -0.39 is 0 Å². The van der Waals surface area contributed by atoms with Gasteiger partial charge in [-0.05, 0) is 24.3 Å². The molecule has 0 radical (unpaired) electrons. The third kappa shape index (κ3) is 3.14. The van der Waals surface area contributed by atoms with Crippen LogP contribution in [0.15, 0.2) is 48.5 Å². The van der Waals surface area contributed by atoms with E-state index in [1.165, 1.54) is 0 Å². The number of anilines is 1. The second kappa shape index (κ2) is 6.83. The van der Waals surface area contributed by atoms with E-state index in [-0.39, 0.29) is 11.4 Å². The minimum atomic E-state index is 0.107. The van der Waals surface area contributed by atoms with Crippen molar-refractivity contribution >= 4 is 29.0 Å². The summed E-state index contributed by atoms with van der Waals surface area (Å²) in [6, 6.07) is 18.0. The lowest BCUT2D eigenvalue weighted by Crippen LogP contribution is -2.00. The fraction of sp³-hybridized carbons (Fsp3) is 0. The summed E-state index contributed by atoms with van der Waals surface area (Å²) >= 11 is 12.4. The van der Waals surface area contributed by atoms with E-state index in [0.717, 1.165) is 5.56 Å². The molecule has 0 saturated carbocycles. The van der Waals surface area contributed by atoms with Crippen LogP contribution in [0.25, 0.3) is 22.4 Å². The highest BCUT2D eigenvalue weighted by atomic mass is 35.5. The highest BCUT2D eigenvalue weighted by Crippen LogP contribution is 2.38. The Morgan fingerprint density at radius 3 is 2.28 bits per heavy atom. The van der Waals surface area contributed by atoms with E-state index in [4.69, 9.17) is 34.2 Å². The maximum absolute atomic E-state index is 9.47. The van der Waals surface area contributed by atoms with Gasteiger partial charge in [0.05, 0.1) is 27.4 Å². The Bertz CT molecular complexity index is 1040.